The molecule has 3 rings (SSSR count). The second-order valence-corrected chi connectivity index (χ2v) is 6.84. The van der Waals surface area contributed by atoms with Crippen molar-refractivity contribution in [2.75, 3.05) is 0 Å². The van der Waals surface area contributed by atoms with Crippen molar-refractivity contribution in [3.63, 3.8) is 0 Å². The zero-order valence-corrected chi connectivity index (χ0v) is 14.5. The monoisotopic (exact) mass is 317 g/mol. The molecule has 0 saturated carbocycles. The average Bonchev–Trinajstić information content (AvgIpc) is 2.95. The quantitative estimate of drug-likeness (QED) is 0.738. The largest absolute Gasteiger partial charge is 0.332 e. The van der Waals surface area contributed by atoms with E-state index in [-0.39, 0.29) is 23.2 Å². The molecular formula is C16H23N5O2. The van der Waals surface area contributed by atoms with Gasteiger partial charge in [0.2, 0.25) is 5.78 Å². The van der Waals surface area contributed by atoms with Crippen LogP contribution in [0.15, 0.2) is 15.8 Å². The maximum Gasteiger partial charge on any atom is 0.332 e. The highest BCUT2D eigenvalue weighted by molar-refractivity contribution is 5.75. The van der Waals surface area contributed by atoms with Crippen molar-refractivity contribution >= 4 is 16.9 Å². The summed E-state index contributed by atoms with van der Waals surface area (Å²) in [5, 5.41) is 0. The van der Waals surface area contributed by atoms with E-state index in [9.17, 15) is 9.59 Å². The van der Waals surface area contributed by atoms with Gasteiger partial charge >= 0.3 is 5.69 Å². The molecule has 0 aliphatic heterocycles. The van der Waals surface area contributed by atoms with Crippen LogP contribution in [-0.2, 0) is 13.6 Å². The molecular weight excluding hydrogens is 294 g/mol. The van der Waals surface area contributed by atoms with E-state index in [0.29, 0.717) is 23.5 Å². The van der Waals surface area contributed by atoms with E-state index in [1.165, 1.54) is 9.13 Å². The highest BCUT2D eigenvalue weighted by Gasteiger charge is 2.21. The first-order chi connectivity index (χ1) is 10.7. The number of imidazole rings is 2. The SMILES string of the molecule is Cc1cn2c3c(=O)n(CC(C)C)c(=O)n(C)c3nc2n1C(C)C. The molecule has 0 atom stereocenters. The Morgan fingerprint density at radius 1 is 1.17 bits per heavy atom. The summed E-state index contributed by atoms with van der Waals surface area (Å²) in [5.41, 5.74) is 1.35. The number of hydrogen-bond acceptors (Lipinski definition) is 3. The van der Waals surface area contributed by atoms with Crippen LogP contribution >= 0.6 is 0 Å². The van der Waals surface area contributed by atoms with E-state index in [4.69, 9.17) is 0 Å². The van der Waals surface area contributed by atoms with Crippen LogP contribution in [0.3, 0.4) is 0 Å². The van der Waals surface area contributed by atoms with Gasteiger partial charge in [0.1, 0.15) is 0 Å². The van der Waals surface area contributed by atoms with E-state index in [2.05, 4.69) is 23.4 Å². The lowest BCUT2D eigenvalue weighted by molar-refractivity contribution is 0.484. The zero-order chi connectivity index (χ0) is 17.0. The lowest BCUT2D eigenvalue weighted by atomic mass is 10.2. The van der Waals surface area contributed by atoms with Gasteiger partial charge in [-0.25, -0.2) is 4.79 Å². The third-order valence-corrected chi connectivity index (χ3v) is 4.13. The minimum atomic E-state index is -0.315. The zero-order valence-electron chi connectivity index (χ0n) is 14.5. The van der Waals surface area contributed by atoms with Gasteiger partial charge in [-0.3, -0.25) is 18.3 Å². The molecule has 0 aliphatic carbocycles. The minimum absolute atomic E-state index is 0.211. The van der Waals surface area contributed by atoms with E-state index in [1.807, 2.05) is 31.4 Å². The van der Waals surface area contributed by atoms with Gasteiger partial charge in [0.05, 0.1) is 0 Å². The molecule has 7 nitrogen and oxygen atoms in total. The van der Waals surface area contributed by atoms with Gasteiger partial charge in [0.25, 0.3) is 5.56 Å². The summed E-state index contributed by atoms with van der Waals surface area (Å²) < 4.78 is 6.65. The number of nitrogens with zero attached hydrogens (tertiary/aromatic N) is 5. The van der Waals surface area contributed by atoms with Crippen LogP contribution in [0.1, 0.15) is 39.4 Å². The number of fused-ring (bicyclic) bond motifs is 3. The molecule has 3 heterocycles. The first kappa shape index (κ1) is 15.6. The highest BCUT2D eigenvalue weighted by atomic mass is 16.2. The van der Waals surface area contributed by atoms with Crippen molar-refractivity contribution in [1.82, 2.24) is 23.1 Å². The topological polar surface area (TPSA) is 66.2 Å². The van der Waals surface area contributed by atoms with E-state index >= 15 is 0 Å². The summed E-state index contributed by atoms with van der Waals surface area (Å²) in [5.74, 6) is 0.908. The van der Waals surface area contributed by atoms with Crippen LogP contribution in [0.2, 0.25) is 0 Å². The molecule has 7 heteroatoms. The minimum Gasteiger partial charge on any atom is -0.312 e. The van der Waals surface area contributed by atoms with Gasteiger partial charge in [-0.2, -0.15) is 4.98 Å². The molecule has 0 amide bonds. The third-order valence-electron chi connectivity index (χ3n) is 4.13. The van der Waals surface area contributed by atoms with Crippen LogP contribution in [0.25, 0.3) is 16.9 Å². The van der Waals surface area contributed by atoms with Gasteiger partial charge in [-0.05, 0) is 26.7 Å². The number of aromatic nitrogens is 5. The number of rotatable bonds is 3. The van der Waals surface area contributed by atoms with E-state index < -0.39 is 0 Å². The summed E-state index contributed by atoms with van der Waals surface area (Å²) in [7, 11) is 1.67. The summed E-state index contributed by atoms with van der Waals surface area (Å²) >= 11 is 0. The Bertz CT molecular complexity index is 1010. The normalized spacial score (nSPS) is 12.3. The molecule has 3 aromatic rings. The molecule has 23 heavy (non-hydrogen) atoms. The molecule has 3 aromatic heterocycles. The fourth-order valence-corrected chi connectivity index (χ4v) is 3.19. The first-order valence-electron chi connectivity index (χ1n) is 7.93. The lowest BCUT2D eigenvalue weighted by Gasteiger charge is -2.10. The molecule has 0 fully saturated rings. The Labute approximate surface area is 133 Å². The Morgan fingerprint density at radius 2 is 1.83 bits per heavy atom. The third kappa shape index (κ3) is 2.14. The predicted octanol–water partition coefficient (Wildman–Crippen LogP) is 1.69. The number of hydrogen-bond donors (Lipinski definition) is 0. The fourth-order valence-electron chi connectivity index (χ4n) is 3.19. The van der Waals surface area contributed by atoms with Gasteiger partial charge in [0, 0.05) is 31.5 Å². The summed E-state index contributed by atoms with van der Waals surface area (Å²) in [6, 6.07) is 0.222. The average molecular weight is 317 g/mol. The van der Waals surface area contributed by atoms with Crippen molar-refractivity contribution in [2.24, 2.45) is 13.0 Å². The lowest BCUT2D eigenvalue weighted by Crippen LogP contribution is -2.40. The maximum absolute atomic E-state index is 12.9. The Kier molecular flexibility index (Phi) is 3.46. The molecule has 0 bridgehead atoms. The van der Waals surface area contributed by atoms with Crippen LogP contribution < -0.4 is 11.2 Å². The molecule has 0 aliphatic rings. The van der Waals surface area contributed by atoms with Gasteiger partial charge in [-0.15, -0.1) is 0 Å². The Morgan fingerprint density at radius 3 is 2.39 bits per heavy atom. The maximum atomic E-state index is 12.9. The molecule has 0 unspecified atom stereocenters. The Balaban J connectivity index is 2.50. The Hall–Kier alpha value is -2.31. The van der Waals surface area contributed by atoms with Crippen molar-refractivity contribution in [3.05, 3.63) is 32.7 Å². The molecule has 124 valence electrons. The van der Waals surface area contributed by atoms with Crippen LogP contribution in [0.4, 0.5) is 0 Å². The van der Waals surface area contributed by atoms with Crippen molar-refractivity contribution < 1.29 is 0 Å². The standard InChI is InChI=1S/C16H23N5O2/c1-9(2)7-20-14(22)12-13(18(6)16(20)23)17-15-19(12)8-11(5)21(15)10(3)4/h8-10H,7H2,1-6H3. The van der Waals surface area contributed by atoms with Crippen LogP contribution in [-0.4, -0.2) is 23.1 Å². The fraction of sp³-hybridized carbons (Fsp3) is 0.562. The van der Waals surface area contributed by atoms with Gasteiger partial charge < -0.3 is 4.57 Å². The smallest absolute Gasteiger partial charge is 0.312 e. The highest BCUT2D eigenvalue weighted by Crippen LogP contribution is 2.20. The molecule has 0 aromatic carbocycles. The molecule has 0 radical (unpaired) electrons. The van der Waals surface area contributed by atoms with Crippen molar-refractivity contribution in [2.45, 2.75) is 47.2 Å². The predicted molar refractivity (Wildman–Crippen MR) is 90.1 cm³/mol. The van der Waals surface area contributed by atoms with E-state index in [0.717, 1.165) is 5.69 Å². The molecule has 0 saturated heterocycles. The van der Waals surface area contributed by atoms with Gasteiger partial charge in [-0.1, -0.05) is 13.8 Å². The summed E-state index contributed by atoms with van der Waals surface area (Å²) in [4.78, 5) is 29.9. The van der Waals surface area contributed by atoms with Crippen LogP contribution in [0.5, 0.6) is 0 Å². The summed E-state index contributed by atoms with van der Waals surface area (Å²) in [6.45, 7) is 10.5. The second kappa shape index (κ2) is 5.11. The van der Waals surface area contributed by atoms with Crippen LogP contribution in [0, 0.1) is 12.8 Å². The van der Waals surface area contributed by atoms with E-state index in [1.54, 1.807) is 7.05 Å². The number of aryl methyl sites for hydroxylation is 2. The van der Waals surface area contributed by atoms with Crippen molar-refractivity contribution in [3.8, 4) is 0 Å². The summed E-state index contributed by atoms with van der Waals surface area (Å²) in [6.07, 6.45) is 1.91. The molecule has 0 spiro atoms. The first-order valence-corrected chi connectivity index (χ1v) is 7.93. The second-order valence-electron chi connectivity index (χ2n) is 6.84. The van der Waals surface area contributed by atoms with Gasteiger partial charge in [0.15, 0.2) is 11.2 Å². The van der Waals surface area contributed by atoms with Crippen molar-refractivity contribution in [1.29, 1.82) is 0 Å². The molecule has 0 N–H and O–H groups in total.